The van der Waals surface area contributed by atoms with E-state index < -0.39 is 5.56 Å². The fourth-order valence-corrected chi connectivity index (χ4v) is 2.48. The van der Waals surface area contributed by atoms with E-state index >= 15 is 0 Å². The molecule has 0 unspecified atom stereocenters. The van der Waals surface area contributed by atoms with Crippen LogP contribution < -0.4 is 5.56 Å². The van der Waals surface area contributed by atoms with Crippen molar-refractivity contribution in [2.75, 3.05) is 0 Å². The summed E-state index contributed by atoms with van der Waals surface area (Å²) in [4.78, 5) is 31.7. The molecule has 0 atom stereocenters. The van der Waals surface area contributed by atoms with Gasteiger partial charge in [-0.3, -0.25) is 9.59 Å². The summed E-state index contributed by atoms with van der Waals surface area (Å²) in [5.74, 6) is -0.201. The minimum Gasteiger partial charge on any atom is -0.293 e. The Kier molecular flexibility index (Phi) is 3.82. The van der Waals surface area contributed by atoms with Gasteiger partial charge in [0.1, 0.15) is 22.2 Å². The largest absolute Gasteiger partial charge is 0.293 e. The number of carbonyl (C=O) groups is 1. The average molecular weight is 376 g/mol. The number of hydrogen-bond donors (Lipinski definition) is 0. The molecule has 0 aliphatic heterocycles. The smallest absolute Gasteiger partial charge is 0.288 e. The molecule has 3 rings (SSSR count). The highest BCUT2D eigenvalue weighted by atomic mass is 79.9. The number of rotatable bonds is 3. The van der Waals surface area contributed by atoms with Crippen LogP contribution in [-0.4, -0.2) is 40.5 Å². The second-order valence-electron chi connectivity index (χ2n) is 4.65. The van der Waals surface area contributed by atoms with Crippen molar-refractivity contribution in [3.05, 3.63) is 51.1 Å². The maximum atomic E-state index is 12.5. The highest BCUT2D eigenvalue weighted by Crippen LogP contribution is 2.18. The molecule has 3 aromatic rings. The topological polar surface area (TPSA) is 108 Å². The van der Waals surface area contributed by atoms with Crippen molar-refractivity contribution >= 4 is 21.7 Å². The van der Waals surface area contributed by atoms with Gasteiger partial charge in [-0.15, -0.1) is 5.10 Å². The molecular weight excluding hydrogens is 366 g/mol. The highest BCUT2D eigenvalue weighted by molar-refractivity contribution is 9.10. The monoisotopic (exact) mass is 375 g/mol. The van der Waals surface area contributed by atoms with E-state index in [1.807, 2.05) is 0 Å². The molecule has 0 aromatic carbocycles. The van der Waals surface area contributed by atoms with Crippen molar-refractivity contribution in [1.82, 2.24) is 34.7 Å². The summed E-state index contributed by atoms with van der Waals surface area (Å²) in [6, 6.07) is 0. The molecule has 0 radical (unpaired) electrons. The van der Waals surface area contributed by atoms with Crippen LogP contribution in [0.2, 0.25) is 0 Å². The third-order valence-corrected chi connectivity index (χ3v) is 3.89. The Balaban J connectivity index is 2.15. The Morgan fingerprint density at radius 2 is 1.87 bits per heavy atom. The van der Waals surface area contributed by atoms with E-state index in [0.717, 1.165) is 4.68 Å². The minimum atomic E-state index is -0.406. The lowest BCUT2D eigenvalue weighted by atomic mass is 10.2. The highest BCUT2D eigenvalue weighted by Gasteiger charge is 2.18. The van der Waals surface area contributed by atoms with Crippen LogP contribution in [0.15, 0.2) is 34.2 Å². The summed E-state index contributed by atoms with van der Waals surface area (Å²) in [6.07, 6.45) is 5.76. The summed E-state index contributed by atoms with van der Waals surface area (Å²) in [7, 11) is 0. The Labute approximate surface area is 138 Å². The molecule has 116 valence electrons. The van der Waals surface area contributed by atoms with Crippen molar-refractivity contribution < 1.29 is 4.79 Å². The fourth-order valence-electron chi connectivity index (χ4n) is 2.04. The Hall–Kier alpha value is -2.75. The average Bonchev–Trinajstić information content (AvgIpc) is 2.92. The maximum absolute atomic E-state index is 12.5. The molecular formula is C13H10BrN7O2. The summed E-state index contributed by atoms with van der Waals surface area (Å²) in [5.41, 5.74) is 1.19. The molecule has 3 aromatic heterocycles. The quantitative estimate of drug-likeness (QED) is 0.624. The Morgan fingerprint density at radius 1 is 1.17 bits per heavy atom. The molecule has 0 fully saturated rings. The molecule has 23 heavy (non-hydrogen) atoms. The molecule has 0 saturated carbocycles. The van der Waals surface area contributed by atoms with Gasteiger partial charge in [-0.25, -0.2) is 14.6 Å². The second-order valence-corrected chi connectivity index (χ2v) is 5.44. The first-order valence-corrected chi connectivity index (χ1v) is 7.27. The van der Waals surface area contributed by atoms with Crippen molar-refractivity contribution in [2.24, 2.45) is 0 Å². The molecule has 0 amide bonds. The van der Waals surface area contributed by atoms with Crippen LogP contribution in [0.4, 0.5) is 0 Å². The SMILES string of the molecule is CC(=O)c1nnn(-c2cnn(-c3cncnc3)c(=O)c2Br)c1C. The van der Waals surface area contributed by atoms with E-state index in [0.29, 0.717) is 17.1 Å². The van der Waals surface area contributed by atoms with E-state index in [4.69, 9.17) is 0 Å². The van der Waals surface area contributed by atoms with Gasteiger partial charge in [0.05, 0.1) is 24.3 Å². The number of aromatic nitrogens is 7. The molecule has 0 aliphatic carbocycles. The van der Waals surface area contributed by atoms with Crippen molar-refractivity contribution in [2.45, 2.75) is 13.8 Å². The summed E-state index contributed by atoms with van der Waals surface area (Å²) in [5, 5.41) is 11.8. The lowest BCUT2D eigenvalue weighted by Gasteiger charge is -2.08. The maximum Gasteiger partial charge on any atom is 0.288 e. The zero-order valence-corrected chi connectivity index (χ0v) is 13.7. The van der Waals surface area contributed by atoms with Gasteiger partial charge in [-0.2, -0.15) is 9.78 Å². The van der Waals surface area contributed by atoms with Gasteiger partial charge in [-0.1, -0.05) is 5.21 Å². The minimum absolute atomic E-state index is 0.201. The molecule has 9 nitrogen and oxygen atoms in total. The molecule has 0 saturated heterocycles. The van der Waals surface area contributed by atoms with E-state index in [-0.39, 0.29) is 15.9 Å². The van der Waals surface area contributed by atoms with E-state index in [9.17, 15) is 9.59 Å². The standard InChI is InChI=1S/C13H10BrN7O2/c1-7-12(8(2)22)18-19-20(7)10-5-17-21(13(23)11(10)14)9-3-15-6-16-4-9/h3-6H,1-2H3. The van der Waals surface area contributed by atoms with E-state index in [1.54, 1.807) is 6.92 Å². The first kappa shape index (κ1) is 15.2. The molecule has 0 spiro atoms. The van der Waals surface area contributed by atoms with Gasteiger partial charge < -0.3 is 0 Å². The van der Waals surface area contributed by atoms with Crippen LogP contribution in [0.1, 0.15) is 23.1 Å². The van der Waals surface area contributed by atoms with Gasteiger partial charge in [0.15, 0.2) is 11.5 Å². The first-order chi connectivity index (χ1) is 11.0. The second kappa shape index (κ2) is 5.80. The van der Waals surface area contributed by atoms with E-state index in [1.165, 1.54) is 36.5 Å². The van der Waals surface area contributed by atoms with Gasteiger partial charge in [0.25, 0.3) is 5.56 Å². The number of halogens is 1. The number of Topliss-reactive ketones (excluding diaryl/α,β-unsaturated/α-hetero) is 1. The molecule has 0 N–H and O–H groups in total. The van der Waals surface area contributed by atoms with Crippen LogP contribution in [0.5, 0.6) is 0 Å². The predicted molar refractivity (Wildman–Crippen MR) is 82.8 cm³/mol. The summed E-state index contributed by atoms with van der Waals surface area (Å²) < 4.78 is 2.78. The predicted octanol–water partition coefficient (Wildman–Crippen LogP) is 0.877. The fraction of sp³-hybridized carbons (Fsp3) is 0.154. The van der Waals surface area contributed by atoms with Crippen molar-refractivity contribution in [3.63, 3.8) is 0 Å². The zero-order valence-electron chi connectivity index (χ0n) is 12.1. The molecule has 10 heteroatoms. The van der Waals surface area contributed by atoms with Crippen LogP contribution in [0, 0.1) is 6.92 Å². The number of ketones is 1. The van der Waals surface area contributed by atoms with Gasteiger partial charge in [-0.05, 0) is 22.9 Å². The van der Waals surface area contributed by atoms with Gasteiger partial charge in [0.2, 0.25) is 0 Å². The first-order valence-electron chi connectivity index (χ1n) is 6.47. The number of nitrogens with zero attached hydrogens (tertiary/aromatic N) is 7. The summed E-state index contributed by atoms with van der Waals surface area (Å²) in [6.45, 7) is 3.10. The number of hydrogen-bond acceptors (Lipinski definition) is 7. The normalized spacial score (nSPS) is 10.7. The lowest BCUT2D eigenvalue weighted by molar-refractivity contribution is 0.101. The lowest BCUT2D eigenvalue weighted by Crippen LogP contribution is -2.24. The van der Waals surface area contributed by atoms with Crippen LogP contribution >= 0.6 is 15.9 Å². The van der Waals surface area contributed by atoms with E-state index in [2.05, 4.69) is 41.3 Å². The van der Waals surface area contributed by atoms with Gasteiger partial charge in [0, 0.05) is 6.92 Å². The molecule has 0 aliphatic rings. The third kappa shape index (κ3) is 2.57. The number of carbonyl (C=O) groups excluding carboxylic acids is 1. The zero-order chi connectivity index (χ0) is 16.6. The molecule has 3 heterocycles. The van der Waals surface area contributed by atoms with Gasteiger partial charge >= 0.3 is 0 Å². The third-order valence-electron chi connectivity index (χ3n) is 3.15. The van der Waals surface area contributed by atoms with Crippen LogP contribution in [-0.2, 0) is 0 Å². The van der Waals surface area contributed by atoms with Crippen LogP contribution in [0.25, 0.3) is 11.4 Å². The molecule has 0 bridgehead atoms. The Bertz CT molecular complexity index is 949. The summed E-state index contributed by atoms with van der Waals surface area (Å²) >= 11 is 3.26. The van der Waals surface area contributed by atoms with Crippen molar-refractivity contribution in [1.29, 1.82) is 0 Å². The Morgan fingerprint density at radius 3 is 2.48 bits per heavy atom. The van der Waals surface area contributed by atoms with Crippen LogP contribution in [0.3, 0.4) is 0 Å². The van der Waals surface area contributed by atoms with Crippen molar-refractivity contribution in [3.8, 4) is 11.4 Å².